The van der Waals surface area contributed by atoms with Gasteiger partial charge in [-0.05, 0) is 24.3 Å². The van der Waals surface area contributed by atoms with Crippen molar-refractivity contribution in [3.8, 4) is 11.5 Å². The fraction of sp³-hybridized carbons (Fsp3) is 0.350. The molecule has 4 rings (SSSR count). The summed E-state index contributed by atoms with van der Waals surface area (Å²) in [5.41, 5.74) is 0.401. The van der Waals surface area contributed by atoms with Crippen LogP contribution in [0.2, 0.25) is 5.02 Å². The Balaban J connectivity index is 1.47. The van der Waals surface area contributed by atoms with E-state index >= 15 is 0 Å². The molecule has 1 saturated heterocycles. The molecule has 0 atom stereocenters. The molecule has 7 nitrogen and oxygen atoms in total. The van der Waals surface area contributed by atoms with Crippen molar-refractivity contribution in [1.82, 2.24) is 9.21 Å². The minimum Gasteiger partial charge on any atom is -0.489 e. The second kappa shape index (κ2) is 8.22. The summed E-state index contributed by atoms with van der Waals surface area (Å²) in [4.78, 5) is 14.8. The Morgan fingerprint density at radius 2 is 1.66 bits per heavy atom. The maximum atomic E-state index is 13.0. The first-order valence-corrected chi connectivity index (χ1v) is 11.2. The van der Waals surface area contributed by atoms with Crippen LogP contribution < -0.4 is 9.47 Å². The van der Waals surface area contributed by atoms with Gasteiger partial charge in [0.25, 0.3) is 5.91 Å². The van der Waals surface area contributed by atoms with Crippen LogP contribution in [0.25, 0.3) is 0 Å². The lowest BCUT2D eigenvalue weighted by molar-refractivity contribution is 0.0697. The molecule has 9 heteroatoms. The number of rotatable bonds is 3. The fourth-order valence-electron chi connectivity index (χ4n) is 3.41. The predicted octanol–water partition coefficient (Wildman–Crippen LogP) is 2.65. The van der Waals surface area contributed by atoms with E-state index in [1.807, 2.05) is 0 Å². The minimum absolute atomic E-state index is 0.209. The summed E-state index contributed by atoms with van der Waals surface area (Å²) in [5.74, 6) is 0.711. The zero-order chi connectivity index (χ0) is 20.4. The first-order chi connectivity index (χ1) is 14.0. The van der Waals surface area contributed by atoms with E-state index in [4.69, 9.17) is 21.1 Å². The Morgan fingerprint density at radius 1 is 0.966 bits per heavy atom. The molecule has 2 heterocycles. The number of carbonyl (C=O) groups is 1. The van der Waals surface area contributed by atoms with Crippen molar-refractivity contribution < 1.29 is 22.7 Å². The Bertz CT molecular complexity index is 1010. The Hall–Kier alpha value is -2.29. The van der Waals surface area contributed by atoms with Gasteiger partial charge in [-0.2, -0.15) is 4.31 Å². The molecule has 2 aliphatic rings. The molecule has 2 aliphatic heterocycles. The first kappa shape index (κ1) is 20.0. The first-order valence-electron chi connectivity index (χ1n) is 9.40. The summed E-state index contributed by atoms with van der Waals surface area (Å²) in [6.07, 6.45) is 0.742. The standard InChI is InChI=1S/C20H21ClN2O5S/c21-17-13-15(14-18-19(17)28-12-4-11-27-18)20(24)22-7-9-23(10-8-22)29(25,26)16-5-2-1-3-6-16/h1-3,5-6,13-14H,4,7-12H2. The molecular weight excluding hydrogens is 416 g/mol. The predicted molar refractivity (Wildman–Crippen MR) is 108 cm³/mol. The quantitative estimate of drug-likeness (QED) is 0.739. The molecule has 0 radical (unpaired) electrons. The van der Waals surface area contributed by atoms with Crippen LogP contribution in [-0.2, 0) is 10.0 Å². The summed E-state index contributed by atoms with van der Waals surface area (Å²) in [6.45, 7) is 2.09. The van der Waals surface area contributed by atoms with Crippen LogP contribution in [0.4, 0.5) is 0 Å². The van der Waals surface area contributed by atoms with Crippen LogP contribution >= 0.6 is 11.6 Å². The molecule has 0 saturated carbocycles. The van der Waals surface area contributed by atoms with Crippen molar-refractivity contribution in [2.45, 2.75) is 11.3 Å². The minimum atomic E-state index is -3.56. The van der Waals surface area contributed by atoms with Gasteiger partial charge in [0.05, 0.1) is 23.1 Å². The van der Waals surface area contributed by atoms with Crippen molar-refractivity contribution in [3.05, 3.63) is 53.1 Å². The van der Waals surface area contributed by atoms with E-state index in [9.17, 15) is 13.2 Å². The van der Waals surface area contributed by atoms with Gasteiger partial charge in [-0.15, -0.1) is 0 Å². The molecule has 0 N–H and O–H groups in total. The third-order valence-electron chi connectivity index (χ3n) is 4.96. The molecule has 0 aromatic heterocycles. The van der Waals surface area contributed by atoms with E-state index in [-0.39, 0.29) is 23.9 Å². The summed E-state index contributed by atoms with van der Waals surface area (Å²) in [5, 5.41) is 0.332. The topological polar surface area (TPSA) is 76.2 Å². The summed E-state index contributed by atoms with van der Waals surface area (Å²) in [7, 11) is -3.56. The summed E-state index contributed by atoms with van der Waals surface area (Å²) >= 11 is 6.29. The van der Waals surface area contributed by atoms with Crippen LogP contribution in [0.3, 0.4) is 0 Å². The maximum Gasteiger partial charge on any atom is 0.254 e. The zero-order valence-electron chi connectivity index (χ0n) is 15.7. The van der Waals surface area contributed by atoms with Gasteiger partial charge in [0, 0.05) is 38.2 Å². The molecule has 0 spiro atoms. The van der Waals surface area contributed by atoms with E-state index < -0.39 is 10.0 Å². The summed E-state index contributed by atoms with van der Waals surface area (Å²) in [6, 6.07) is 11.5. The monoisotopic (exact) mass is 436 g/mol. The number of benzene rings is 2. The highest BCUT2D eigenvalue weighted by atomic mass is 35.5. The van der Waals surface area contributed by atoms with Gasteiger partial charge in [-0.3, -0.25) is 4.79 Å². The molecule has 154 valence electrons. The average molecular weight is 437 g/mol. The average Bonchev–Trinajstić information content (AvgIpc) is 3.00. The van der Waals surface area contributed by atoms with Crippen molar-refractivity contribution >= 4 is 27.5 Å². The Labute approximate surface area is 174 Å². The van der Waals surface area contributed by atoms with Crippen LogP contribution in [0.15, 0.2) is 47.4 Å². The molecule has 0 unspecified atom stereocenters. The van der Waals surface area contributed by atoms with Crippen molar-refractivity contribution in [2.24, 2.45) is 0 Å². The van der Waals surface area contributed by atoms with Crippen molar-refractivity contribution in [1.29, 1.82) is 0 Å². The third-order valence-corrected chi connectivity index (χ3v) is 7.15. The highest BCUT2D eigenvalue weighted by molar-refractivity contribution is 7.89. The van der Waals surface area contributed by atoms with Gasteiger partial charge in [0.2, 0.25) is 10.0 Å². The lowest BCUT2D eigenvalue weighted by atomic mass is 10.1. The Morgan fingerprint density at radius 3 is 2.38 bits per heavy atom. The molecular formula is C20H21ClN2O5S. The van der Waals surface area contributed by atoms with Crippen molar-refractivity contribution in [3.63, 3.8) is 0 Å². The third kappa shape index (κ3) is 4.05. The van der Waals surface area contributed by atoms with Crippen LogP contribution in [0.5, 0.6) is 11.5 Å². The zero-order valence-corrected chi connectivity index (χ0v) is 17.3. The lowest BCUT2D eigenvalue weighted by Gasteiger charge is -2.34. The second-order valence-electron chi connectivity index (χ2n) is 6.85. The second-order valence-corrected chi connectivity index (χ2v) is 9.19. The van der Waals surface area contributed by atoms with Crippen LogP contribution in [0, 0.1) is 0 Å². The number of amides is 1. The van der Waals surface area contributed by atoms with Crippen LogP contribution in [0.1, 0.15) is 16.8 Å². The number of hydrogen-bond acceptors (Lipinski definition) is 5. The van der Waals surface area contributed by atoms with Gasteiger partial charge in [0.15, 0.2) is 11.5 Å². The van der Waals surface area contributed by atoms with E-state index in [2.05, 4.69) is 0 Å². The highest BCUT2D eigenvalue weighted by Gasteiger charge is 2.31. The van der Waals surface area contributed by atoms with Gasteiger partial charge < -0.3 is 14.4 Å². The maximum absolute atomic E-state index is 13.0. The number of piperazine rings is 1. The number of sulfonamides is 1. The van der Waals surface area contributed by atoms with Crippen molar-refractivity contribution in [2.75, 3.05) is 39.4 Å². The normalized spacial score (nSPS) is 17.6. The molecule has 2 aromatic rings. The number of fused-ring (bicyclic) bond motifs is 1. The number of halogens is 1. The van der Waals surface area contributed by atoms with Gasteiger partial charge >= 0.3 is 0 Å². The van der Waals surface area contributed by atoms with Crippen LogP contribution in [-0.4, -0.2) is 62.9 Å². The SMILES string of the molecule is O=C(c1cc(Cl)c2c(c1)OCCCO2)N1CCN(S(=O)(=O)c2ccccc2)CC1. The number of carbonyl (C=O) groups excluding carboxylic acids is 1. The van der Waals surface area contributed by atoms with E-state index in [1.54, 1.807) is 47.4 Å². The molecule has 2 aromatic carbocycles. The number of ether oxygens (including phenoxy) is 2. The highest BCUT2D eigenvalue weighted by Crippen LogP contribution is 2.38. The Kier molecular flexibility index (Phi) is 5.67. The van der Waals surface area contributed by atoms with Gasteiger partial charge in [-0.25, -0.2) is 8.42 Å². The fourth-order valence-corrected chi connectivity index (χ4v) is 5.12. The summed E-state index contributed by atoms with van der Waals surface area (Å²) < 4.78 is 38.2. The molecule has 0 aliphatic carbocycles. The molecule has 29 heavy (non-hydrogen) atoms. The van der Waals surface area contributed by atoms with E-state index in [1.165, 1.54) is 4.31 Å². The lowest BCUT2D eigenvalue weighted by Crippen LogP contribution is -2.50. The molecule has 1 amide bonds. The van der Waals surface area contributed by atoms with Gasteiger partial charge in [-0.1, -0.05) is 29.8 Å². The van der Waals surface area contributed by atoms with E-state index in [0.29, 0.717) is 48.4 Å². The number of hydrogen-bond donors (Lipinski definition) is 0. The van der Waals surface area contributed by atoms with Gasteiger partial charge in [0.1, 0.15) is 0 Å². The molecule has 0 bridgehead atoms. The largest absolute Gasteiger partial charge is 0.489 e. The van der Waals surface area contributed by atoms with E-state index in [0.717, 1.165) is 6.42 Å². The molecule has 1 fully saturated rings. The smallest absolute Gasteiger partial charge is 0.254 e. The number of nitrogens with zero attached hydrogens (tertiary/aromatic N) is 2.